The summed E-state index contributed by atoms with van der Waals surface area (Å²) in [5.74, 6) is 0.647. The Labute approximate surface area is 214 Å². The van der Waals surface area contributed by atoms with E-state index in [1.165, 1.54) is 28.8 Å². The maximum Gasteiger partial charge on any atom is 0.270 e. The van der Waals surface area contributed by atoms with Crippen LogP contribution in [-0.2, 0) is 17.9 Å². The van der Waals surface area contributed by atoms with Crippen LogP contribution in [0.5, 0.6) is 0 Å². The van der Waals surface area contributed by atoms with E-state index >= 15 is 0 Å². The molecule has 1 aromatic carbocycles. The van der Waals surface area contributed by atoms with Crippen molar-refractivity contribution in [3.8, 4) is 6.07 Å². The zero-order valence-corrected chi connectivity index (χ0v) is 21.6. The van der Waals surface area contributed by atoms with Gasteiger partial charge in [0.25, 0.3) is 11.5 Å². The van der Waals surface area contributed by atoms with Crippen molar-refractivity contribution in [1.29, 1.82) is 5.26 Å². The van der Waals surface area contributed by atoms with Crippen molar-refractivity contribution in [3.63, 3.8) is 0 Å². The largest absolute Gasteiger partial charge is 0.357 e. The third-order valence-electron chi connectivity index (χ3n) is 6.52. The summed E-state index contributed by atoms with van der Waals surface area (Å²) in [6, 6.07) is 8.05. The third-order valence-corrected chi connectivity index (χ3v) is 7.90. The van der Waals surface area contributed by atoms with E-state index in [1.54, 1.807) is 29.7 Å². The number of nitriles is 1. The molecule has 6 nitrogen and oxygen atoms in total. The van der Waals surface area contributed by atoms with Crippen LogP contribution in [0.2, 0.25) is 0 Å². The van der Waals surface area contributed by atoms with Crippen molar-refractivity contribution in [3.05, 3.63) is 67.6 Å². The first kappa shape index (κ1) is 25.1. The van der Waals surface area contributed by atoms with Crippen LogP contribution in [0.25, 0.3) is 6.08 Å². The zero-order chi connectivity index (χ0) is 25.3. The summed E-state index contributed by atoms with van der Waals surface area (Å²) in [6.45, 7) is 8.12. The number of halogens is 1. The van der Waals surface area contributed by atoms with E-state index in [1.807, 2.05) is 6.92 Å². The maximum absolute atomic E-state index is 13.3. The van der Waals surface area contributed by atoms with E-state index in [0.29, 0.717) is 32.8 Å². The number of carbonyl (C=O) groups is 1. The van der Waals surface area contributed by atoms with Gasteiger partial charge in [-0.1, -0.05) is 43.0 Å². The highest BCUT2D eigenvalue weighted by atomic mass is 32.2. The van der Waals surface area contributed by atoms with E-state index in [4.69, 9.17) is 12.2 Å². The van der Waals surface area contributed by atoms with Crippen LogP contribution >= 0.6 is 24.0 Å². The van der Waals surface area contributed by atoms with Gasteiger partial charge in [0.2, 0.25) is 0 Å². The van der Waals surface area contributed by atoms with E-state index in [2.05, 4.69) is 17.9 Å². The van der Waals surface area contributed by atoms with Crippen molar-refractivity contribution in [2.24, 2.45) is 5.92 Å². The lowest BCUT2D eigenvalue weighted by molar-refractivity contribution is -0.122. The molecule has 1 unspecified atom stereocenters. The minimum atomic E-state index is -0.339. The van der Waals surface area contributed by atoms with Crippen LogP contribution in [0.3, 0.4) is 0 Å². The van der Waals surface area contributed by atoms with Crippen molar-refractivity contribution < 1.29 is 9.18 Å². The van der Waals surface area contributed by atoms with Gasteiger partial charge in [-0.15, -0.1) is 0 Å². The van der Waals surface area contributed by atoms with Crippen LogP contribution in [0.1, 0.15) is 48.9 Å². The van der Waals surface area contributed by atoms with Crippen LogP contribution in [0.4, 0.5) is 10.2 Å². The molecule has 182 valence electrons. The van der Waals surface area contributed by atoms with Crippen molar-refractivity contribution in [1.82, 2.24) is 9.47 Å². The van der Waals surface area contributed by atoms with Gasteiger partial charge >= 0.3 is 0 Å². The number of hydrogen-bond acceptors (Lipinski definition) is 6. The molecule has 1 aromatic heterocycles. The molecule has 0 radical (unpaired) electrons. The highest BCUT2D eigenvalue weighted by Gasteiger charge is 2.33. The van der Waals surface area contributed by atoms with Crippen LogP contribution in [0, 0.1) is 30.0 Å². The van der Waals surface area contributed by atoms with E-state index in [-0.39, 0.29) is 29.4 Å². The Bertz CT molecular complexity index is 1310. The molecule has 1 atom stereocenters. The number of rotatable bonds is 5. The quantitative estimate of drug-likeness (QED) is 0.424. The average molecular weight is 511 g/mol. The molecule has 2 fully saturated rings. The van der Waals surface area contributed by atoms with Gasteiger partial charge in [0, 0.05) is 25.2 Å². The molecule has 2 aliphatic heterocycles. The van der Waals surface area contributed by atoms with Crippen LogP contribution in [0.15, 0.2) is 34.0 Å². The number of hydrogen-bond donors (Lipinski definition) is 0. The van der Waals surface area contributed by atoms with Crippen molar-refractivity contribution in [2.45, 2.75) is 46.7 Å². The first-order valence-corrected chi connectivity index (χ1v) is 12.9. The Kier molecular flexibility index (Phi) is 7.43. The van der Waals surface area contributed by atoms with Gasteiger partial charge in [-0.25, -0.2) is 4.39 Å². The fourth-order valence-electron chi connectivity index (χ4n) is 4.70. The average Bonchev–Trinajstić information content (AvgIpc) is 3.09. The lowest BCUT2D eigenvalue weighted by Gasteiger charge is -2.35. The molecular weight excluding hydrogens is 483 g/mol. The zero-order valence-electron chi connectivity index (χ0n) is 20.0. The molecule has 0 saturated carbocycles. The molecule has 9 heteroatoms. The fourth-order valence-corrected chi connectivity index (χ4v) is 5.94. The second-order valence-electron chi connectivity index (χ2n) is 8.99. The predicted octanol–water partition coefficient (Wildman–Crippen LogP) is 4.83. The number of carbonyl (C=O) groups excluding carboxylic acids is 1. The topological polar surface area (TPSA) is 69.3 Å². The summed E-state index contributed by atoms with van der Waals surface area (Å²) < 4.78 is 15.4. The van der Waals surface area contributed by atoms with E-state index < -0.39 is 0 Å². The Morgan fingerprint density at radius 1 is 1.29 bits per heavy atom. The molecule has 0 aliphatic carbocycles. The molecule has 2 saturated heterocycles. The highest BCUT2D eigenvalue weighted by molar-refractivity contribution is 8.26. The smallest absolute Gasteiger partial charge is 0.270 e. The van der Waals surface area contributed by atoms with Crippen molar-refractivity contribution in [2.75, 3.05) is 18.0 Å². The molecule has 35 heavy (non-hydrogen) atoms. The molecule has 2 aliphatic rings. The number of pyridine rings is 1. The number of piperidine rings is 1. The van der Waals surface area contributed by atoms with Crippen LogP contribution in [-0.4, -0.2) is 32.8 Å². The number of aromatic nitrogens is 1. The van der Waals surface area contributed by atoms with Gasteiger partial charge in [-0.2, -0.15) is 5.26 Å². The van der Waals surface area contributed by atoms with Gasteiger partial charge in [-0.3, -0.25) is 19.1 Å². The maximum atomic E-state index is 13.3. The molecule has 0 N–H and O–H groups in total. The summed E-state index contributed by atoms with van der Waals surface area (Å²) in [5, 5.41) is 9.74. The van der Waals surface area contributed by atoms with Crippen LogP contribution < -0.4 is 10.5 Å². The van der Waals surface area contributed by atoms with Gasteiger partial charge in [0.1, 0.15) is 27.6 Å². The fraction of sp³-hybridized carbons (Fsp3) is 0.385. The number of nitrogens with zero attached hydrogens (tertiary/aromatic N) is 4. The summed E-state index contributed by atoms with van der Waals surface area (Å²) >= 11 is 6.70. The molecule has 0 spiro atoms. The Morgan fingerprint density at radius 2 is 2.00 bits per heavy atom. The number of amides is 1. The lowest BCUT2D eigenvalue weighted by Crippen LogP contribution is -2.40. The molecule has 1 amide bonds. The highest BCUT2D eigenvalue weighted by Crippen LogP contribution is 2.37. The van der Waals surface area contributed by atoms with Gasteiger partial charge in [0.05, 0.1) is 11.4 Å². The molecule has 2 aromatic rings. The minimum absolute atomic E-state index is 0.0914. The minimum Gasteiger partial charge on any atom is -0.357 e. The Morgan fingerprint density at radius 3 is 2.63 bits per heavy atom. The number of thioether (sulfide) groups is 1. The number of anilines is 1. The summed E-state index contributed by atoms with van der Waals surface area (Å²) in [4.78, 5) is 30.6. The number of benzene rings is 1. The Hall–Kier alpha value is -2.96. The summed E-state index contributed by atoms with van der Waals surface area (Å²) in [6.07, 6.45) is 3.91. The first-order chi connectivity index (χ1) is 16.7. The Balaban J connectivity index is 1.80. The predicted molar refractivity (Wildman–Crippen MR) is 142 cm³/mol. The second-order valence-corrected chi connectivity index (χ2v) is 10.7. The lowest BCUT2D eigenvalue weighted by atomic mass is 9.98. The van der Waals surface area contributed by atoms with E-state index in [0.717, 1.165) is 37.3 Å². The van der Waals surface area contributed by atoms with E-state index in [9.17, 15) is 19.2 Å². The summed E-state index contributed by atoms with van der Waals surface area (Å²) in [5.41, 5.74) is 1.84. The number of thiocarbonyl (C=S) groups is 1. The first-order valence-electron chi connectivity index (χ1n) is 11.7. The molecule has 0 bridgehead atoms. The van der Waals surface area contributed by atoms with Crippen molar-refractivity contribution >= 4 is 46.1 Å². The molecule has 3 heterocycles. The standard InChI is InChI=1S/C26H27FN4O2S2/c1-4-30-23(29-11-5-6-16(2)14-29)20(17(3)21(13-28)24(30)32)12-22-25(33)31(26(34)35-22)15-18-7-9-19(27)10-8-18/h7-10,12,16H,4-6,11,14-15H2,1-3H3/b22-12-. The SMILES string of the molecule is CCn1c(N2CCCC(C)C2)c(/C=C2\SC(=S)N(Cc3ccc(F)cc3)C2=O)c(C)c(C#N)c1=O. The molecule has 4 rings (SSSR count). The third kappa shape index (κ3) is 4.91. The van der Waals surface area contributed by atoms with Gasteiger partial charge in [0.15, 0.2) is 0 Å². The van der Waals surface area contributed by atoms with Gasteiger partial charge < -0.3 is 4.90 Å². The monoisotopic (exact) mass is 510 g/mol. The van der Waals surface area contributed by atoms with Gasteiger partial charge in [-0.05, 0) is 61.9 Å². The summed E-state index contributed by atoms with van der Waals surface area (Å²) in [7, 11) is 0. The molecular formula is C26H27FN4O2S2. The second kappa shape index (κ2) is 10.3. The normalized spacial score (nSPS) is 19.5.